The van der Waals surface area contributed by atoms with Crippen molar-refractivity contribution < 1.29 is 0 Å². The maximum atomic E-state index is 6.17. The predicted molar refractivity (Wildman–Crippen MR) is 276 cm³/mol. The van der Waals surface area contributed by atoms with Gasteiger partial charge in [-0.15, -0.1) is 0 Å². The largest absolute Gasteiger partial charge is 0.399 e. The van der Waals surface area contributed by atoms with Crippen LogP contribution in [0, 0.1) is 0 Å². The Morgan fingerprint density at radius 3 is 0.597 bits per heavy atom. The van der Waals surface area contributed by atoms with E-state index in [1.54, 1.807) is 0 Å². The Morgan fingerprint density at radius 1 is 0.242 bits per heavy atom. The van der Waals surface area contributed by atoms with Crippen molar-refractivity contribution in [2.24, 2.45) is 0 Å². The number of anilines is 2. The molecular formula is C60H92N2. The zero-order valence-corrected chi connectivity index (χ0v) is 40.3. The van der Waals surface area contributed by atoms with Crippen molar-refractivity contribution in [1.82, 2.24) is 0 Å². The summed E-state index contributed by atoms with van der Waals surface area (Å²) in [4.78, 5) is 0. The number of benzene rings is 4. The number of unbranched alkanes of at least 4 members (excludes halogenated alkanes) is 24. The zero-order chi connectivity index (χ0) is 43.9. The van der Waals surface area contributed by atoms with Crippen LogP contribution in [0.5, 0.6) is 0 Å². The molecule has 0 amide bonds. The first-order chi connectivity index (χ1) is 30.5. The number of nitrogens with two attached hydrogens (primary N) is 2. The number of nitrogen functional groups attached to an aromatic ring is 2. The summed E-state index contributed by atoms with van der Waals surface area (Å²) in [6.07, 6.45) is 40.4. The zero-order valence-electron chi connectivity index (χ0n) is 40.3. The highest BCUT2D eigenvalue weighted by molar-refractivity contribution is 5.45. The Balaban J connectivity index is 1.48. The second-order valence-corrected chi connectivity index (χ2v) is 19.2. The summed E-state index contributed by atoms with van der Waals surface area (Å²) in [7, 11) is 0. The highest BCUT2D eigenvalue weighted by atomic mass is 14.5. The normalized spacial score (nSPS) is 13.0. The standard InChI is InChI=1S/C60H92N2/c1-4-7-10-13-16-19-22-25-28-31-58(50-34-38-52(39-35-50)59(54-42-46-56(61)47-43-54)32-29-26-23-20-17-14-11-8-5-2)51-36-40-53(41-37-51)60(55-44-48-57(62)49-45-55)33-30-27-24-21-18-15-12-9-6-3/h34-49,58-60H,4-33,61-62H2,1-3H3. The van der Waals surface area contributed by atoms with Crippen LogP contribution in [0.3, 0.4) is 0 Å². The van der Waals surface area contributed by atoms with Crippen LogP contribution in [0.25, 0.3) is 0 Å². The molecule has 2 heteroatoms. The number of hydrogen-bond donors (Lipinski definition) is 2. The lowest BCUT2D eigenvalue weighted by Crippen LogP contribution is -2.06. The summed E-state index contributed by atoms with van der Waals surface area (Å²) >= 11 is 0. The van der Waals surface area contributed by atoms with Gasteiger partial charge in [0.1, 0.15) is 0 Å². The molecule has 0 fully saturated rings. The van der Waals surface area contributed by atoms with E-state index < -0.39 is 0 Å². The molecule has 0 aliphatic carbocycles. The van der Waals surface area contributed by atoms with Gasteiger partial charge in [0.25, 0.3) is 0 Å². The van der Waals surface area contributed by atoms with E-state index in [4.69, 9.17) is 11.5 Å². The second-order valence-electron chi connectivity index (χ2n) is 19.2. The van der Waals surface area contributed by atoms with E-state index in [9.17, 15) is 0 Å². The van der Waals surface area contributed by atoms with Crippen LogP contribution in [0.1, 0.15) is 265 Å². The molecule has 4 aromatic rings. The highest BCUT2D eigenvalue weighted by Crippen LogP contribution is 2.37. The molecule has 0 bridgehead atoms. The molecule has 0 aliphatic rings. The lowest BCUT2D eigenvalue weighted by molar-refractivity contribution is 0.543. The average molecular weight is 841 g/mol. The molecule has 4 aromatic carbocycles. The molecule has 2 unspecified atom stereocenters. The molecule has 0 saturated heterocycles. The van der Waals surface area contributed by atoms with Gasteiger partial charge in [0.05, 0.1) is 0 Å². The monoisotopic (exact) mass is 841 g/mol. The first-order valence-corrected chi connectivity index (χ1v) is 26.4. The second kappa shape index (κ2) is 32.2. The van der Waals surface area contributed by atoms with E-state index in [1.165, 1.54) is 226 Å². The van der Waals surface area contributed by atoms with Gasteiger partial charge in [-0.2, -0.15) is 0 Å². The van der Waals surface area contributed by atoms with Crippen LogP contribution in [-0.4, -0.2) is 0 Å². The van der Waals surface area contributed by atoms with Gasteiger partial charge < -0.3 is 11.5 Å². The van der Waals surface area contributed by atoms with Crippen molar-refractivity contribution in [3.63, 3.8) is 0 Å². The first-order valence-electron chi connectivity index (χ1n) is 26.4. The summed E-state index contributed by atoms with van der Waals surface area (Å²) in [5.74, 6) is 1.21. The average Bonchev–Trinajstić information content (AvgIpc) is 3.30. The molecule has 4 N–H and O–H groups in total. The van der Waals surface area contributed by atoms with Gasteiger partial charge >= 0.3 is 0 Å². The van der Waals surface area contributed by atoms with Crippen molar-refractivity contribution >= 4 is 11.4 Å². The Kier molecular flexibility index (Phi) is 26.5. The van der Waals surface area contributed by atoms with Crippen molar-refractivity contribution in [3.05, 3.63) is 130 Å². The molecule has 0 radical (unpaired) electrons. The van der Waals surface area contributed by atoms with Crippen molar-refractivity contribution in [2.45, 2.75) is 231 Å². The van der Waals surface area contributed by atoms with Crippen LogP contribution in [0.15, 0.2) is 97.1 Å². The minimum Gasteiger partial charge on any atom is -0.399 e. The van der Waals surface area contributed by atoms with Crippen molar-refractivity contribution in [3.8, 4) is 0 Å². The first kappa shape index (κ1) is 51.1. The SMILES string of the molecule is CCCCCCCCCCCC(c1ccc(N)cc1)c1ccc(C(CCCCCCCCCCC)c2ccc(C(CCCCCCCCCCC)c3ccc(N)cc3)cc2)cc1. The van der Waals surface area contributed by atoms with Gasteiger partial charge in [-0.1, -0.05) is 267 Å². The maximum Gasteiger partial charge on any atom is 0.0314 e. The fourth-order valence-corrected chi connectivity index (χ4v) is 9.93. The van der Waals surface area contributed by atoms with Crippen LogP contribution in [-0.2, 0) is 0 Å². The van der Waals surface area contributed by atoms with Crippen LogP contribution < -0.4 is 11.5 Å². The summed E-state index contributed by atoms with van der Waals surface area (Å²) in [6, 6.07) is 37.2. The van der Waals surface area contributed by atoms with E-state index in [0.717, 1.165) is 11.4 Å². The van der Waals surface area contributed by atoms with E-state index in [1.807, 2.05) is 0 Å². The topological polar surface area (TPSA) is 52.0 Å². The molecule has 4 rings (SSSR count). The van der Waals surface area contributed by atoms with Crippen molar-refractivity contribution in [1.29, 1.82) is 0 Å². The fraction of sp³-hybridized carbons (Fsp3) is 0.600. The van der Waals surface area contributed by atoms with Gasteiger partial charge in [0, 0.05) is 29.1 Å². The summed E-state index contributed by atoms with van der Waals surface area (Å²) < 4.78 is 0. The molecule has 0 saturated carbocycles. The van der Waals surface area contributed by atoms with Crippen LogP contribution in [0.4, 0.5) is 11.4 Å². The Labute approximate surface area is 382 Å². The third kappa shape index (κ3) is 19.9. The third-order valence-electron chi connectivity index (χ3n) is 13.9. The highest BCUT2D eigenvalue weighted by Gasteiger charge is 2.20. The van der Waals surface area contributed by atoms with Gasteiger partial charge in [-0.3, -0.25) is 0 Å². The predicted octanol–water partition coefficient (Wildman–Crippen LogP) is 19.0. The maximum absolute atomic E-state index is 6.17. The van der Waals surface area contributed by atoms with Crippen molar-refractivity contribution in [2.75, 3.05) is 11.5 Å². The molecule has 2 atom stereocenters. The van der Waals surface area contributed by atoms with E-state index in [-0.39, 0.29) is 0 Å². The lowest BCUT2D eigenvalue weighted by Gasteiger charge is -2.23. The molecule has 342 valence electrons. The van der Waals surface area contributed by atoms with Crippen LogP contribution >= 0.6 is 0 Å². The molecular weight excluding hydrogens is 749 g/mol. The summed E-state index contributed by atoms with van der Waals surface area (Å²) in [5.41, 5.74) is 22.6. The molecule has 0 aromatic heterocycles. The minimum atomic E-state index is 0.403. The quantitative estimate of drug-likeness (QED) is 0.0354. The smallest absolute Gasteiger partial charge is 0.0314 e. The Bertz CT molecular complexity index is 1520. The minimum absolute atomic E-state index is 0.403. The molecule has 0 aliphatic heterocycles. The molecule has 62 heavy (non-hydrogen) atoms. The van der Waals surface area contributed by atoms with E-state index in [2.05, 4.69) is 118 Å². The third-order valence-corrected chi connectivity index (χ3v) is 13.9. The van der Waals surface area contributed by atoms with Gasteiger partial charge in [0.15, 0.2) is 0 Å². The van der Waals surface area contributed by atoms with E-state index in [0.29, 0.717) is 17.8 Å². The van der Waals surface area contributed by atoms with Gasteiger partial charge in [-0.05, 0) is 76.9 Å². The molecule has 2 nitrogen and oxygen atoms in total. The molecule has 0 spiro atoms. The number of hydrogen-bond acceptors (Lipinski definition) is 2. The lowest BCUT2D eigenvalue weighted by atomic mass is 9.81. The Hall–Kier alpha value is -3.52. The van der Waals surface area contributed by atoms with Gasteiger partial charge in [0.2, 0.25) is 0 Å². The number of rotatable bonds is 36. The van der Waals surface area contributed by atoms with E-state index >= 15 is 0 Å². The Morgan fingerprint density at radius 2 is 0.403 bits per heavy atom. The summed E-state index contributed by atoms with van der Waals surface area (Å²) in [6.45, 7) is 6.92. The summed E-state index contributed by atoms with van der Waals surface area (Å²) in [5, 5.41) is 0. The van der Waals surface area contributed by atoms with Gasteiger partial charge in [-0.25, -0.2) is 0 Å². The van der Waals surface area contributed by atoms with Crippen LogP contribution in [0.2, 0.25) is 0 Å². The molecule has 0 heterocycles. The fourth-order valence-electron chi connectivity index (χ4n) is 9.93.